The van der Waals surface area contributed by atoms with E-state index >= 15 is 0 Å². The molecule has 1 N–H and O–H groups in total. The van der Waals surface area contributed by atoms with E-state index in [9.17, 15) is 13.2 Å². The quantitative estimate of drug-likeness (QED) is 0.928. The highest BCUT2D eigenvalue weighted by Crippen LogP contribution is 2.21. The first kappa shape index (κ1) is 13.4. The van der Waals surface area contributed by atoms with Gasteiger partial charge in [0.05, 0.1) is 10.6 Å². The van der Waals surface area contributed by atoms with Crippen molar-refractivity contribution in [1.82, 2.24) is 0 Å². The summed E-state index contributed by atoms with van der Waals surface area (Å²) in [5, 5.41) is 8.79. The molecule has 0 fully saturated rings. The van der Waals surface area contributed by atoms with Crippen molar-refractivity contribution in [2.75, 3.05) is 0 Å². The highest BCUT2D eigenvalue weighted by Gasteiger charge is 2.20. The number of sulfone groups is 1. The van der Waals surface area contributed by atoms with E-state index in [4.69, 9.17) is 9.52 Å². The number of hydrogen-bond donors (Lipinski definition) is 1. The molecule has 0 aliphatic rings. The maximum absolute atomic E-state index is 12.1. The van der Waals surface area contributed by atoms with Gasteiger partial charge in [-0.1, -0.05) is 18.2 Å². The Hall–Kier alpha value is -2.08. The smallest absolute Gasteiger partial charge is 0.371 e. The van der Waals surface area contributed by atoms with Crippen LogP contribution in [0.5, 0.6) is 0 Å². The van der Waals surface area contributed by atoms with Gasteiger partial charge in [-0.25, -0.2) is 13.2 Å². The SMILES string of the molecule is Cc1oc(C(=O)O)cc1CS(=O)(=O)c1ccccc1. The van der Waals surface area contributed by atoms with Crippen LogP contribution < -0.4 is 0 Å². The third-order valence-electron chi connectivity index (χ3n) is 2.68. The Bertz CT molecular complexity index is 698. The lowest BCUT2D eigenvalue weighted by Crippen LogP contribution is -2.05. The minimum absolute atomic E-state index is 0.201. The maximum Gasteiger partial charge on any atom is 0.371 e. The van der Waals surface area contributed by atoms with Crippen molar-refractivity contribution in [3.8, 4) is 0 Å². The predicted octanol–water partition coefficient (Wildman–Crippen LogP) is 2.26. The molecule has 0 atom stereocenters. The lowest BCUT2D eigenvalue weighted by atomic mass is 10.3. The molecule has 0 aliphatic carbocycles. The number of hydrogen-bond acceptors (Lipinski definition) is 4. The van der Waals surface area contributed by atoms with E-state index in [0.29, 0.717) is 11.3 Å². The van der Waals surface area contributed by atoms with Crippen molar-refractivity contribution in [3.63, 3.8) is 0 Å². The van der Waals surface area contributed by atoms with Crippen LogP contribution in [0.2, 0.25) is 0 Å². The van der Waals surface area contributed by atoms with Crippen LogP contribution in [-0.2, 0) is 15.6 Å². The summed E-state index contributed by atoms with van der Waals surface area (Å²) in [6.45, 7) is 1.54. The molecule has 2 rings (SSSR count). The molecule has 0 saturated carbocycles. The molecule has 0 saturated heterocycles. The minimum atomic E-state index is -3.50. The first-order chi connectivity index (χ1) is 8.90. The van der Waals surface area contributed by atoms with E-state index < -0.39 is 15.8 Å². The molecule has 100 valence electrons. The van der Waals surface area contributed by atoms with Gasteiger partial charge in [0, 0.05) is 5.56 Å². The zero-order valence-electron chi connectivity index (χ0n) is 10.2. The number of furan rings is 1. The van der Waals surface area contributed by atoms with Gasteiger partial charge in [-0.2, -0.15) is 0 Å². The highest BCUT2D eigenvalue weighted by molar-refractivity contribution is 7.90. The van der Waals surface area contributed by atoms with Crippen molar-refractivity contribution >= 4 is 15.8 Å². The van der Waals surface area contributed by atoms with Gasteiger partial charge in [0.1, 0.15) is 5.76 Å². The fourth-order valence-corrected chi connectivity index (χ4v) is 3.12. The molecule has 0 radical (unpaired) electrons. The van der Waals surface area contributed by atoms with Crippen LogP contribution in [0.25, 0.3) is 0 Å². The van der Waals surface area contributed by atoms with E-state index in [1.807, 2.05) is 0 Å². The van der Waals surface area contributed by atoms with Gasteiger partial charge >= 0.3 is 5.97 Å². The van der Waals surface area contributed by atoms with Crippen LogP contribution >= 0.6 is 0 Å². The largest absolute Gasteiger partial charge is 0.475 e. The first-order valence-electron chi connectivity index (χ1n) is 5.50. The van der Waals surface area contributed by atoms with Gasteiger partial charge in [-0.3, -0.25) is 0 Å². The van der Waals surface area contributed by atoms with Crippen LogP contribution in [0.4, 0.5) is 0 Å². The van der Waals surface area contributed by atoms with E-state index in [1.165, 1.54) is 18.2 Å². The number of aryl methyl sites for hydroxylation is 1. The fourth-order valence-electron chi connectivity index (χ4n) is 1.68. The molecule has 1 aromatic heterocycles. The summed E-state index contributed by atoms with van der Waals surface area (Å²) in [4.78, 5) is 11.0. The Kier molecular flexibility index (Phi) is 3.44. The second-order valence-electron chi connectivity index (χ2n) is 4.07. The summed E-state index contributed by atoms with van der Waals surface area (Å²) < 4.78 is 29.3. The molecule has 0 unspecified atom stereocenters. The summed E-state index contributed by atoms with van der Waals surface area (Å²) in [6.07, 6.45) is 0. The fraction of sp³-hybridized carbons (Fsp3) is 0.154. The maximum atomic E-state index is 12.1. The van der Waals surface area contributed by atoms with Crippen LogP contribution in [-0.4, -0.2) is 19.5 Å². The third-order valence-corrected chi connectivity index (χ3v) is 4.36. The molecule has 1 heterocycles. The average Bonchev–Trinajstić information content (AvgIpc) is 2.72. The van der Waals surface area contributed by atoms with E-state index in [-0.39, 0.29) is 16.4 Å². The van der Waals surface area contributed by atoms with E-state index in [0.717, 1.165) is 0 Å². The van der Waals surface area contributed by atoms with Crippen LogP contribution in [0.1, 0.15) is 21.9 Å². The lowest BCUT2D eigenvalue weighted by molar-refractivity contribution is 0.0661. The first-order valence-corrected chi connectivity index (χ1v) is 7.16. The Morgan fingerprint density at radius 1 is 1.26 bits per heavy atom. The highest BCUT2D eigenvalue weighted by atomic mass is 32.2. The summed E-state index contributed by atoms with van der Waals surface area (Å²) in [7, 11) is -3.50. The summed E-state index contributed by atoms with van der Waals surface area (Å²) >= 11 is 0. The standard InChI is InChI=1S/C13H12O5S/c1-9-10(7-12(18-9)13(14)15)8-19(16,17)11-5-3-2-4-6-11/h2-7H,8H2,1H3,(H,14,15). The summed E-state index contributed by atoms with van der Waals surface area (Å²) in [5.41, 5.74) is 0.362. The number of aromatic carboxylic acids is 1. The molecular weight excluding hydrogens is 268 g/mol. The number of carboxylic acid groups (broad SMARTS) is 1. The second-order valence-corrected chi connectivity index (χ2v) is 6.06. The van der Waals surface area contributed by atoms with E-state index in [2.05, 4.69) is 0 Å². The molecule has 6 heteroatoms. The zero-order valence-corrected chi connectivity index (χ0v) is 11.0. The molecule has 0 amide bonds. The number of rotatable bonds is 4. The Morgan fingerprint density at radius 3 is 2.42 bits per heavy atom. The third kappa shape index (κ3) is 2.85. The molecular formula is C13H12O5S. The number of carbonyl (C=O) groups is 1. The van der Waals surface area contributed by atoms with Crippen molar-refractivity contribution in [2.45, 2.75) is 17.6 Å². The van der Waals surface area contributed by atoms with Gasteiger partial charge in [-0.05, 0) is 25.1 Å². The molecule has 0 spiro atoms. The van der Waals surface area contributed by atoms with Crippen LogP contribution in [0.15, 0.2) is 45.7 Å². The van der Waals surface area contributed by atoms with Crippen molar-refractivity contribution in [3.05, 3.63) is 53.5 Å². The normalized spacial score (nSPS) is 11.4. The number of carboxylic acids is 1. The second kappa shape index (κ2) is 4.89. The van der Waals surface area contributed by atoms with Gasteiger partial charge in [0.25, 0.3) is 0 Å². The Morgan fingerprint density at radius 2 is 1.89 bits per heavy atom. The van der Waals surface area contributed by atoms with Gasteiger partial charge in [0.2, 0.25) is 5.76 Å². The average molecular weight is 280 g/mol. The van der Waals surface area contributed by atoms with E-state index in [1.54, 1.807) is 25.1 Å². The van der Waals surface area contributed by atoms with Gasteiger partial charge in [-0.15, -0.1) is 0 Å². The molecule has 1 aromatic carbocycles. The van der Waals surface area contributed by atoms with Crippen molar-refractivity contribution in [2.24, 2.45) is 0 Å². The predicted molar refractivity (Wildman–Crippen MR) is 67.7 cm³/mol. The summed E-state index contributed by atoms with van der Waals surface area (Å²) in [6, 6.07) is 9.25. The molecule has 0 bridgehead atoms. The summed E-state index contributed by atoms with van der Waals surface area (Å²) in [5.74, 6) is -1.45. The van der Waals surface area contributed by atoms with Crippen molar-refractivity contribution in [1.29, 1.82) is 0 Å². The van der Waals surface area contributed by atoms with Gasteiger partial charge in [0.15, 0.2) is 9.84 Å². The van der Waals surface area contributed by atoms with Crippen molar-refractivity contribution < 1.29 is 22.7 Å². The molecule has 5 nitrogen and oxygen atoms in total. The van der Waals surface area contributed by atoms with Crippen LogP contribution in [0.3, 0.4) is 0 Å². The van der Waals surface area contributed by atoms with Gasteiger partial charge < -0.3 is 9.52 Å². The molecule has 19 heavy (non-hydrogen) atoms. The van der Waals surface area contributed by atoms with Crippen LogP contribution in [0, 0.1) is 6.92 Å². The monoisotopic (exact) mass is 280 g/mol. The Labute approximate surface area is 110 Å². The minimum Gasteiger partial charge on any atom is -0.475 e. The lowest BCUT2D eigenvalue weighted by Gasteiger charge is -2.02. The molecule has 2 aromatic rings. The number of benzene rings is 1. The molecule has 0 aliphatic heterocycles. The zero-order chi connectivity index (χ0) is 14.0. The topological polar surface area (TPSA) is 84.6 Å². The Balaban J connectivity index is 2.34.